The van der Waals surface area contributed by atoms with E-state index in [0.717, 1.165) is 37.8 Å². The van der Waals surface area contributed by atoms with Gasteiger partial charge in [0.05, 0.1) is 28.4 Å². The van der Waals surface area contributed by atoms with Gasteiger partial charge in [0.2, 0.25) is 0 Å². The zero-order valence-corrected chi connectivity index (χ0v) is 23.4. The van der Waals surface area contributed by atoms with Gasteiger partial charge in [-0.25, -0.2) is 0 Å². The van der Waals surface area contributed by atoms with Gasteiger partial charge in [0.1, 0.15) is 11.8 Å². The minimum Gasteiger partial charge on any atom is -0.490 e. The highest BCUT2D eigenvalue weighted by Crippen LogP contribution is 2.63. The molecule has 4 N–H and O–H groups in total. The van der Waals surface area contributed by atoms with Crippen molar-refractivity contribution < 1.29 is 19.7 Å². The normalized spacial score (nSPS) is 30.9. The van der Waals surface area contributed by atoms with E-state index in [9.17, 15) is 15.0 Å². The van der Waals surface area contributed by atoms with Gasteiger partial charge in [-0.05, 0) is 98.6 Å². The SMILES string of the molecule is CC1(C)[C@@H]2C[C@H]1[C@](O)(CCNc1ccc(C(=O)N[C@H]3CC[C@H](Oc4ccc(C#N)c(Cl)c4)CC3)cc1)[C@@H](O)C2. The summed E-state index contributed by atoms with van der Waals surface area (Å²) >= 11 is 6.11. The standard InChI is InChI=1S/C31H38ClN3O4/c1-30(2)21-15-27(30)31(38,28(36)16-21)13-14-34-22-6-3-19(4-7-22)29(37)35-23-8-11-24(12-9-23)39-25-10-5-20(18-33)26(32)17-25/h3-7,10,17,21,23-24,27-28,34,36,38H,8-9,11-16H2,1-2H3,(H,35,37)/t21-,23-,24-,27-,28+,31-/m1/s1. The Morgan fingerprint density at radius 1 is 1.13 bits per heavy atom. The van der Waals surface area contributed by atoms with Crippen molar-refractivity contribution in [3.8, 4) is 11.8 Å². The number of nitriles is 1. The van der Waals surface area contributed by atoms with Gasteiger partial charge in [0, 0.05) is 29.9 Å². The molecule has 39 heavy (non-hydrogen) atoms. The summed E-state index contributed by atoms with van der Waals surface area (Å²) in [6.45, 7) is 4.96. The fraction of sp³-hybridized carbons (Fsp3) is 0.548. The molecule has 4 saturated carbocycles. The van der Waals surface area contributed by atoms with E-state index < -0.39 is 11.7 Å². The molecule has 0 saturated heterocycles. The molecule has 4 fully saturated rings. The van der Waals surface area contributed by atoms with Crippen LogP contribution in [-0.4, -0.2) is 46.5 Å². The molecule has 2 aromatic rings. The Labute approximate surface area is 235 Å². The Balaban J connectivity index is 1.06. The number of rotatable bonds is 8. The van der Waals surface area contributed by atoms with E-state index in [4.69, 9.17) is 21.6 Å². The second-order valence-corrected chi connectivity index (χ2v) is 12.5. The van der Waals surface area contributed by atoms with E-state index in [1.807, 2.05) is 30.3 Å². The van der Waals surface area contributed by atoms with Gasteiger partial charge < -0.3 is 25.6 Å². The maximum absolute atomic E-state index is 12.8. The quantitative estimate of drug-likeness (QED) is 0.354. The lowest BCUT2D eigenvalue weighted by Crippen LogP contribution is -2.68. The van der Waals surface area contributed by atoms with Crippen LogP contribution < -0.4 is 15.4 Å². The average Bonchev–Trinajstić information content (AvgIpc) is 2.91. The lowest BCUT2D eigenvalue weighted by Gasteiger charge is -2.65. The number of hydrogen-bond acceptors (Lipinski definition) is 6. The third-order valence-electron chi connectivity index (χ3n) is 9.53. The van der Waals surface area contributed by atoms with Crippen LogP contribution in [0.15, 0.2) is 42.5 Å². The third kappa shape index (κ3) is 5.61. The number of nitrogens with one attached hydrogen (secondary N) is 2. The van der Waals surface area contributed by atoms with Crippen molar-refractivity contribution in [2.24, 2.45) is 17.3 Å². The van der Waals surface area contributed by atoms with Gasteiger partial charge in [-0.3, -0.25) is 4.79 Å². The number of ether oxygens (including phenoxy) is 1. The molecule has 6 rings (SSSR count). The number of anilines is 1. The lowest BCUT2D eigenvalue weighted by atomic mass is 9.43. The van der Waals surface area contributed by atoms with E-state index in [2.05, 4.69) is 24.5 Å². The maximum Gasteiger partial charge on any atom is 0.251 e. The van der Waals surface area contributed by atoms with Gasteiger partial charge in [-0.1, -0.05) is 25.4 Å². The Hall–Kier alpha value is -2.79. The maximum atomic E-state index is 12.8. The summed E-state index contributed by atoms with van der Waals surface area (Å²) in [6, 6.07) is 14.6. The molecule has 0 aliphatic heterocycles. The third-order valence-corrected chi connectivity index (χ3v) is 9.85. The van der Waals surface area contributed by atoms with Gasteiger partial charge in [0.25, 0.3) is 5.91 Å². The van der Waals surface area contributed by atoms with Crippen LogP contribution in [0, 0.1) is 28.6 Å². The minimum atomic E-state index is -1.05. The van der Waals surface area contributed by atoms with E-state index >= 15 is 0 Å². The topological polar surface area (TPSA) is 115 Å². The van der Waals surface area contributed by atoms with Crippen LogP contribution >= 0.6 is 11.6 Å². The number of amides is 1. The van der Waals surface area contributed by atoms with Crippen molar-refractivity contribution >= 4 is 23.2 Å². The Morgan fingerprint density at radius 2 is 1.85 bits per heavy atom. The Kier molecular flexibility index (Phi) is 7.83. The summed E-state index contributed by atoms with van der Waals surface area (Å²) in [7, 11) is 0. The van der Waals surface area contributed by atoms with E-state index in [0.29, 0.717) is 47.2 Å². The van der Waals surface area contributed by atoms with Crippen molar-refractivity contribution in [1.82, 2.24) is 5.32 Å². The number of carbonyl (C=O) groups is 1. The van der Waals surface area contributed by atoms with Crippen LogP contribution in [0.2, 0.25) is 5.02 Å². The summed E-state index contributed by atoms with van der Waals surface area (Å²) in [4.78, 5) is 12.8. The van der Waals surface area contributed by atoms with Crippen LogP contribution in [0.4, 0.5) is 5.69 Å². The molecule has 7 nitrogen and oxygen atoms in total. The van der Waals surface area contributed by atoms with E-state index in [1.54, 1.807) is 18.2 Å². The summed E-state index contributed by atoms with van der Waals surface area (Å²) in [5, 5.41) is 37.7. The van der Waals surface area contributed by atoms with Crippen molar-refractivity contribution in [3.05, 3.63) is 58.6 Å². The van der Waals surface area contributed by atoms with Crippen LogP contribution in [0.3, 0.4) is 0 Å². The monoisotopic (exact) mass is 551 g/mol. The first-order valence-corrected chi connectivity index (χ1v) is 14.4. The number of hydrogen-bond donors (Lipinski definition) is 4. The number of benzene rings is 2. The second kappa shape index (κ2) is 11.0. The van der Waals surface area contributed by atoms with Crippen LogP contribution in [0.1, 0.15) is 74.7 Å². The van der Waals surface area contributed by atoms with Gasteiger partial charge in [-0.2, -0.15) is 5.26 Å². The number of aliphatic hydroxyl groups excluding tert-OH is 1. The number of carbonyl (C=O) groups excluding carboxylic acids is 1. The molecule has 208 valence electrons. The average molecular weight is 552 g/mol. The molecule has 0 aromatic heterocycles. The molecule has 1 amide bonds. The Morgan fingerprint density at radius 3 is 2.49 bits per heavy atom. The summed E-state index contributed by atoms with van der Waals surface area (Å²) in [5.41, 5.74) is 0.942. The molecule has 0 radical (unpaired) electrons. The second-order valence-electron chi connectivity index (χ2n) is 12.1. The molecule has 4 aliphatic carbocycles. The number of nitrogens with zero attached hydrogens (tertiary/aromatic N) is 1. The van der Waals surface area contributed by atoms with Crippen LogP contribution in [0.25, 0.3) is 0 Å². The summed E-state index contributed by atoms with van der Waals surface area (Å²) in [6.07, 6.45) is 4.84. The lowest BCUT2D eigenvalue weighted by molar-refractivity contribution is -0.254. The highest BCUT2D eigenvalue weighted by Gasteiger charge is 2.64. The molecule has 2 aromatic carbocycles. The van der Waals surface area contributed by atoms with Gasteiger partial charge >= 0.3 is 0 Å². The molecule has 8 heteroatoms. The molecule has 0 heterocycles. The van der Waals surface area contributed by atoms with Gasteiger partial charge in [0.15, 0.2) is 0 Å². The highest BCUT2D eigenvalue weighted by molar-refractivity contribution is 6.31. The zero-order valence-electron chi connectivity index (χ0n) is 22.6. The van der Waals surface area contributed by atoms with Crippen molar-refractivity contribution in [1.29, 1.82) is 5.26 Å². The summed E-state index contributed by atoms with van der Waals surface area (Å²) in [5.74, 6) is 1.19. The van der Waals surface area contributed by atoms with E-state index in [1.165, 1.54) is 0 Å². The van der Waals surface area contributed by atoms with Crippen molar-refractivity contribution in [2.75, 3.05) is 11.9 Å². The molecular formula is C31H38ClN3O4. The molecule has 0 unspecified atom stereocenters. The Bertz CT molecular complexity index is 1240. The summed E-state index contributed by atoms with van der Waals surface area (Å²) < 4.78 is 6.04. The van der Waals surface area contributed by atoms with Crippen molar-refractivity contribution in [2.45, 2.75) is 82.6 Å². The fourth-order valence-electron chi connectivity index (χ4n) is 6.90. The minimum absolute atomic E-state index is 0.0529. The number of halogens is 1. The predicted octanol–water partition coefficient (Wildman–Crippen LogP) is 5.29. The predicted molar refractivity (Wildman–Crippen MR) is 151 cm³/mol. The first kappa shape index (κ1) is 27.8. The number of aliphatic hydroxyl groups is 2. The molecule has 2 bridgehead atoms. The molecule has 4 atom stereocenters. The van der Waals surface area contributed by atoms with E-state index in [-0.39, 0.29) is 29.4 Å². The fourth-order valence-corrected chi connectivity index (χ4v) is 7.12. The van der Waals surface area contributed by atoms with Crippen LogP contribution in [0.5, 0.6) is 5.75 Å². The van der Waals surface area contributed by atoms with Gasteiger partial charge in [-0.15, -0.1) is 0 Å². The van der Waals surface area contributed by atoms with Crippen LogP contribution in [-0.2, 0) is 0 Å². The first-order chi connectivity index (χ1) is 18.6. The van der Waals surface area contributed by atoms with Crippen molar-refractivity contribution in [3.63, 3.8) is 0 Å². The molecule has 0 spiro atoms. The highest BCUT2D eigenvalue weighted by atomic mass is 35.5. The number of fused-ring (bicyclic) bond motifs is 2. The molecule has 4 aliphatic rings. The smallest absolute Gasteiger partial charge is 0.251 e. The largest absolute Gasteiger partial charge is 0.490 e. The zero-order chi connectivity index (χ0) is 27.8. The first-order valence-electron chi connectivity index (χ1n) is 14.0. The molecular weight excluding hydrogens is 514 g/mol.